The van der Waals surface area contributed by atoms with E-state index in [0.29, 0.717) is 37.0 Å². The molecule has 0 heterocycles. The van der Waals surface area contributed by atoms with Gasteiger partial charge in [-0.2, -0.15) is 0 Å². The lowest BCUT2D eigenvalue weighted by Gasteiger charge is -2.14. The van der Waals surface area contributed by atoms with Gasteiger partial charge in [0.2, 0.25) is 5.75 Å². The fraction of sp³-hybridized carbons (Fsp3) is 0.571. The molecule has 108 valence electrons. The molecule has 0 amide bonds. The molecule has 0 radical (unpaired) electrons. The van der Waals surface area contributed by atoms with Crippen molar-refractivity contribution in [1.82, 2.24) is 0 Å². The van der Waals surface area contributed by atoms with Crippen LogP contribution in [0.15, 0.2) is 18.2 Å². The van der Waals surface area contributed by atoms with Gasteiger partial charge in [0, 0.05) is 13.0 Å². The number of para-hydroxylation sites is 1. The van der Waals surface area contributed by atoms with Crippen molar-refractivity contribution in [2.75, 3.05) is 34.0 Å². The summed E-state index contributed by atoms with van der Waals surface area (Å²) in [6, 6.07) is 5.55. The van der Waals surface area contributed by atoms with Gasteiger partial charge < -0.3 is 24.7 Å². The molecule has 0 aliphatic heterocycles. The van der Waals surface area contributed by atoms with E-state index in [9.17, 15) is 0 Å². The van der Waals surface area contributed by atoms with Gasteiger partial charge in [0.15, 0.2) is 11.5 Å². The molecule has 2 N–H and O–H groups in total. The molecule has 0 aliphatic carbocycles. The molecule has 5 heteroatoms. The molecule has 1 aromatic rings. The summed E-state index contributed by atoms with van der Waals surface area (Å²) in [5.74, 6) is 1.95. The number of hydrogen-bond acceptors (Lipinski definition) is 5. The predicted molar refractivity (Wildman–Crippen MR) is 74.1 cm³/mol. The lowest BCUT2D eigenvalue weighted by Crippen LogP contribution is -2.21. The molecule has 0 saturated carbocycles. The monoisotopic (exact) mass is 269 g/mol. The van der Waals surface area contributed by atoms with Crippen molar-refractivity contribution in [3.63, 3.8) is 0 Å². The minimum atomic E-state index is 0.0892. The highest BCUT2D eigenvalue weighted by Gasteiger charge is 2.10. The molecule has 19 heavy (non-hydrogen) atoms. The first kappa shape index (κ1) is 15.6. The summed E-state index contributed by atoms with van der Waals surface area (Å²) < 4.78 is 21.6. The van der Waals surface area contributed by atoms with Gasteiger partial charge in [-0.25, -0.2) is 0 Å². The number of hydrogen-bond donors (Lipinski definition) is 1. The quantitative estimate of drug-likeness (QED) is 0.693. The van der Waals surface area contributed by atoms with Gasteiger partial charge in [-0.15, -0.1) is 0 Å². The summed E-state index contributed by atoms with van der Waals surface area (Å²) >= 11 is 0. The van der Waals surface area contributed by atoms with E-state index in [1.807, 2.05) is 25.1 Å². The van der Waals surface area contributed by atoms with Gasteiger partial charge in [0.05, 0.1) is 33.5 Å². The van der Waals surface area contributed by atoms with Crippen LogP contribution in [0.5, 0.6) is 17.2 Å². The molecule has 1 unspecified atom stereocenters. The summed E-state index contributed by atoms with van der Waals surface area (Å²) in [5, 5.41) is 0. The summed E-state index contributed by atoms with van der Waals surface area (Å²) in [6.07, 6.45) is 0.886. The van der Waals surface area contributed by atoms with Crippen molar-refractivity contribution in [3.8, 4) is 17.2 Å². The Bertz CT molecular complexity index is 370. The van der Waals surface area contributed by atoms with Crippen molar-refractivity contribution < 1.29 is 18.9 Å². The maximum atomic E-state index is 5.67. The third-order valence-electron chi connectivity index (χ3n) is 2.65. The SMILES string of the molecule is COc1cccc(OCCCOC(C)CN)c1OC. The first-order chi connectivity index (χ1) is 9.22. The van der Waals surface area contributed by atoms with Crippen molar-refractivity contribution in [2.45, 2.75) is 19.4 Å². The van der Waals surface area contributed by atoms with Crippen LogP contribution in [-0.4, -0.2) is 40.1 Å². The number of methoxy groups -OCH3 is 2. The third-order valence-corrected chi connectivity index (χ3v) is 2.65. The van der Waals surface area contributed by atoms with E-state index in [-0.39, 0.29) is 6.10 Å². The van der Waals surface area contributed by atoms with Gasteiger partial charge in [-0.1, -0.05) is 6.07 Å². The van der Waals surface area contributed by atoms with Crippen LogP contribution in [0.25, 0.3) is 0 Å². The van der Waals surface area contributed by atoms with Crippen molar-refractivity contribution in [3.05, 3.63) is 18.2 Å². The molecule has 0 saturated heterocycles. The number of benzene rings is 1. The first-order valence-electron chi connectivity index (χ1n) is 6.38. The van der Waals surface area contributed by atoms with E-state index in [4.69, 9.17) is 24.7 Å². The minimum Gasteiger partial charge on any atom is -0.493 e. The smallest absolute Gasteiger partial charge is 0.203 e. The summed E-state index contributed by atoms with van der Waals surface area (Å²) in [6.45, 7) is 3.67. The van der Waals surface area contributed by atoms with Gasteiger partial charge in [0.25, 0.3) is 0 Å². The first-order valence-corrected chi connectivity index (χ1v) is 6.38. The average Bonchev–Trinajstić information content (AvgIpc) is 2.45. The number of nitrogens with two attached hydrogens (primary N) is 1. The molecule has 1 atom stereocenters. The summed E-state index contributed by atoms with van der Waals surface area (Å²) in [5.41, 5.74) is 5.46. The second-order valence-electron chi connectivity index (χ2n) is 4.11. The van der Waals surface area contributed by atoms with Crippen molar-refractivity contribution in [2.24, 2.45) is 5.73 Å². The standard InChI is InChI=1S/C14H23NO4/c1-11(10-15)18-8-5-9-19-13-7-4-6-12(16-2)14(13)17-3/h4,6-7,11H,5,8-10,15H2,1-3H3. The molecule has 1 rings (SSSR count). The summed E-state index contributed by atoms with van der Waals surface area (Å²) in [4.78, 5) is 0. The average molecular weight is 269 g/mol. The van der Waals surface area contributed by atoms with E-state index in [0.717, 1.165) is 6.42 Å². The Balaban J connectivity index is 2.41. The zero-order valence-electron chi connectivity index (χ0n) is 11.8. The lowest BCUT2D eigenvalue weighted by molar-refractivity contribution is 0.0628. The predicted octanol–water partition coefficient (Wildman–Crippen LogP) is 1.84. The molecule has 0 fully saturated rings. The molecule has 1 aromatic carbocycles. The lowest BCUT2D eigenvalue weighted by atomic mass is 10.3. The van der Waals surface area contributed by atoms with E-state index < -0.39 is 0 Å². The van der Waals surface area contributed by atoms with Crippen LogP contribution in [0.2, 0.25) is 0 Å². The van der Waals surface area contributed by atoms with Gasteiger partial charge >= 0.3 is 0 Å². The van der Waals surface area contributed by atoms with Crippen LogP contribution in [0.3, 0.4) is 0 Å². The topological polar surface area (TPSA) is 62.9 Å². The molecular weight excluding hydrogens is 246 g/mol. The van der Waals surface area contributed by atoms with E-state index >= 15 is 0 Å². The molecule has 0 bridgehead atoms. The second-order valence-corrected chi connectivity index (χ2v) is 4.11. The Labute approximate surface area is 114 Å². The van der Waals surface area contributed by atoms with Gasteiger partial charge in [-0.3, -0.25) is 0 Å². The van der Waals surface area contributed by atoms with Crippen LogP contribution in [0.1, 0.15) is 13.3 Å². The Morgan fingerprint density at radius 1 is 1.11 bits per heavy atom. The summed E-state index contributed by atoms with van der Waals surface area (Å²) in [7, 11) is 3.19. The highest BCUT2D eigenvalue weighted by atomic mass is 16.5. The van der Waals surface area contributed by atoms with E-state index in [2.05, 4.69) is 0 Å². The number of ether oxygens (including phenoxy) is 4. The highest BCUT2D eigenvalue weighted by molar-refractivity contribution is 5.50. The largest absolute Gasteiger partial charge is 0.493 e. The van der Waals surface area contributed by atoms with E-state index in [1.165, 1.54) is 0 Å². The minimum absolute atomic E-state index is 0.0892. The van der Waals surface area contributed by atoms with Gasteiger partial charge in [0.1, 0.15) is 0 Å². The Morgan fingerprint density at radius 3 is 2.47 bits per heavy atom. The molecular formula is C14H23NO4. The van der Waals surface area contributed by atoms with E-state index in [1.54, 1.807) is 14.2 Å². The van der Waals surface area contributed by atoms with Crippen molar-refractivity contribution in [1.29, 1.82) is 0 Å². The van der Waals surface area contributed by atoms with Crippen LogP contribution in [0.4, 0.5) is 0 Å². The van der Waals surface area contributed by atoms with Crippen LogP contribution >= 0.6 is 0 Å². The fourth-order valence-electron chi connectivity index (χ4n) is 1.56. The van der Waals surface area contributed by atoms with Gasteiger partial charge in [-0.05, 0) is 19.1 Å². The fourth-order valence-corrected chi connectivity index (χ4v) is 1.56. The Hall–Kier alpha value is -1.46. The van der Waals surface area contributed by atoms with Crippen LogP contribution < -0.4 is 19.9 Å². The van der Waals surface area contributed by atoms with Crippen molar-refractivity contribution >= 4 is 0 Å². The zero-order chi connectivity index (χ0) is 14.1. The Kier molecular flexibility index (Phi) is 7.07. The maximum absolute atomic E-state index is 5.67. The highest BCUT2D eigenvalue weighted by Crippen LogP contribution is 2.36. The third kappa shape index (κ3) is 4.96. The second kappa shape index (κ2) is 8.61. The zero-order valence-corrected chi connectivity index (χ0v) is 11.8. The molecule has 5 nitrogen and oxygen atoms in total. The molecule has 0 spiro atoms. The molecule has 0 aliphatic rings. The molecule has 0 aromatic heterocycles. The maximum Gasteiger partial charge on any atom is 0.203 e. The Morgan fingerprint density at radius 2 is 1.84 bits per heavy atom. The van der Waals surface area contributed by atoms with Crippen LogP contribution in [-0.2, 0) is 4.74 Å². The normalized spacial score (nSPS) is 12.0. The number of rotatable bonds is 9. The van der Waals surface area contributed by atoms with Crippen LogP contribution in [0, 0.1) is 0 Å².